The van der Waals surface area contributed by atoms with Gasteiger partial charge in [-0.05, 0) is 49.4 Å². The lowest BCUT2D eigenvalue weighted by Crippen LogP contribution is -2.31. The molecule has 1 atom stereocenters. The lowest BCUT2D eigenvalue weighted by atomic mass is 10.1. The van der Waals surface area contributed by atoms with E-state index in [0.29, 0.717) is 36.3 Å². The summed E-state index contributed by atoms with van der Waals surface area (Å²) in [6, 6.07) is 5.87. The Kier molecular flexibility index (Phi) is 4.25. The van der Waals surface area contributed by atoms with Crippen LogP contribution in [0.2, 0.25) is 5.02 Å². The van der Waals surface area contributed by atoms with Gasteiger partial charge in [0.25, 0.3) is 5.91 Å². The molecule has 5 nitrogen and oxygen atoms in total. The molecule has 0 unspecified atom stereocenters. The van der Waals surface area contributed by atoms with Gasteiger partial charge in [-0.1, -0.05) is 11.6 Å². The number of hydrogen-bond donors (Lipinski definition) is 1. The molecule has 1 aromatic heterocycles. The van der Waals surface area contributed by atoms with Crippen LogP contribution in [-0.4, -0.2) is 32.2 Å². The van der Waals surface area contributed by atoms with Crippen LogP contribution in [0.5, 0.6) is 0 Å². The summed E-state index contributed by atoms with van der Waals surface area (Å²) in [5.74, 6) is -0.645. The third-order valence-corrected chi connectivity index (χ3v) is 5.09. The van der Waals surface area contributed by atoms with Gasteiger partial charge in [0.05, 0.1) is 23.5 Å². The zero-order chi connectivity index (χ0) is 17.6. The summed E-state index contributed by atoms with van der Waals surface area (Å²) in [7, 11) is 0. The second-order valence-electron chi connectivity index (χ2n) is 6.77. The van der Waals surface area contributed by atoms with E-state index in [1.807, 2.05) is 10.7 Å². The molecule has 2 aromatic rings. The van der Waals surface area contributed by atoms with Crippen molar-refractivity contribution in [3.63, 3.8) is 0 Å². The summed E-state index contributed by atoms with van der Waals surface area (Å²) in [4.78, 5) is 14.4. The first-order valence-electron chi connectivity index (χ1n) is 8.52. The summed E-state index contributed by atoms with van der Waals surface area (Å²) >= 11 is 5.91. The van der Waals surface area contributed by atoms with Crippen LogP contribution in [0.15, 0.2) is 24.3 Å². The Hall–Kier alpha value is -1.92. The lowest BCUT2D eigenvalue weighted by Gasteiger charge is -2.20. The molecular formula is C18H19ClFN3O2. The number of hydrogen-bond acceptors (Lipinski definition) is 3. The molecule has 1 fully saturated rings. The van der Waals surface area contributed by atoms with E-state index in [-0.39, 0.29) is 11.5 Å². The summed E-state index contributed by atoms with van der Waals surface area (Å²) in [6.45, 7) is 1.54. The summed E-state index contributed by atoms with van der Waals surface area (Å²) in [5, 5.41) is 15.1. The topological polar surface area (TPSA) is 58.4 Å². The van der Waals surface area contributed by atoms with Crippen molar-refractivity contribution in [3.05, 3.63) is 52.1 Å². The predicted octanol–water partition coefficient (Wildman–Crippen LogP) is 3.17. The maximum atomic E-state index is 14.0. The van der Waals surface area contributed by atoms with Crippen molar-refractivity contribution in [2.45, 2.75) is 38.5 Å². The molecule has 1 N–H and O–H groups in total. The highest BCUT2D eigenvalue weighted by molar-refractivity contribution is 6.31. The lowest BCUT2D eigenvalue weighted by molar-refractivity contribution is 0.0741. The Morgan fingerprint density at radius 3 is 2.88 bits per heavy atom. The van der Waals surface area contributed by atoms with E-state index in [1.54, 1.807) is 4.90 Å². The summed E-state index contributed by atoms with van der Waals surface area (Å²) in [6.07, 6.45) is 2.25. The molecule has 0 bridgehead atoms. The highest BCUT2D eigenvalue weighted by Gasteiger charge is 2.33. The Balaban J connectivity index is 1.58. The molecule has 2 aliphatic rings. The number of aromatic nitrogens is 2. The molecule has 1 amide bonds. The van der Waals surface area contributed by atoms with Crippen molar-refractivity contribution >= 4 is 17.5 Å². The van der Waals surface area contributed by atoms with Gasteiger partial charge >= 0.3 is 0 Å². The number of carbonyl (C=O) groups excluding carboxylic acids is 1. The number of amides is 1. The van der Waals surface area contributed by atoms with Gasteiger partial charge in [-0.2, -0.15) is 5.10 Å². The quantitative estimate of drug-likeness (QED) is 0.911. The molecule has 1 aliphatic carbocycles. The molecule has 0 radical (unpaired) electrons. The Labute approximate surface area is 150 Å². The second kappa shape index (κ2) is 6.42. The van der Waals surface area contributed by atoms with E-state index >= 15 is 0 Å². The number of carbonyl (C=O) groups is 1. The van der Waals surface area contributed by atoms with Crippen molar-refractivity contribution in [1.82, 2.24) is 14.7 Å². The van der Waals surface area contributed by atoms with Crippen LogP contribution in [-0.2, 0) is 13.1 Å². The fourth-order valence-electron chi connectivity index (χ4n) is 3.29. The van der Waals surface area contributed by atoms with Crippen molar-refractivity contribution in [1.29, 1.82) is 0 Å². The average molecular weight is 364 g/mol. The number of fused-ring (bicyclic) bond motifs is 1. The van der Waals surface area contributed by atoms with Crippen LogP contribution >= 0.6 is 11.6 Å². The van der Waals surface area contributed by atoms with Crippen molar-refractivity contribution in [3.8, 4) is 0 Å². The third kappa shape index (κ3) is 3.28. The monoisotopic (exact) mass is 363 g/mol. The molecule has 4 rings (SSSR count). The van der Waals surface area contributed by atoms with Crippen molar-refractivity contribution in [2.24, 2.45) is 5.92 Å². The van der Waals surface area contributed by atoms with E-state index in [0.717, 1.165) is 25.0 Å². The third-order valence-electron chi connectivity index (χ3n) is 4.85. The standard InChI is InChI=1S/C18H19ClFN3O2/c19-12-4-5-15(20)14(8-12)18(25)22-6-1-7-23-13(10-22)9-16(21-23)17(24)11-2-3-11/h4-5,8-9,11,17,24H,1-3,6-7,10H2/t17-/m1/s1. The predicted molar refractivity (Wildman–Crippen MR) is 90.7 cm³/mol. The zero-order valence-electron chi connectivity index (χ0n) is 13.7. The van der Waals surface area contributed by atoms with Crippen molar-refractivity contribution < 1.29 is 14.3 Å². The Morgan fingerprint density at radius 2 is 2.12 bits per heavy atom. The molecule has 1 aromatic carbocycles. The van der Waals surface area contributed by atoms with E-state index in [4.69, 9.17) is 11.6 Å². The van der Waals surface area contributed by atoms with Crippen LogP contribution in [0.25, 0.3) is 0 Å². The summed E-state index contributed by atoms with van der Waals surface area (Å²) < 4.78 is 15.9. The maximum Gasteiger partial charge on any atom is 0.257 e. The van der Waals surface area contributed by atoms with E-state index < -0.39 is 11.9 Å². The van der Waals surface area contributed by atoms with Crippen LogP contribution in [0.1, 0.15) is 47.1 Å². The molecule has 0 spiro atoms. The first-order valence-corrected chi connectivity index (χ1v) is 8.90. The average Bonchev–Trinajstić information content (AvgIpc) is 3.40. The number of aryl methyl sites for hydroxylation is 1. The molecule has 0 saturated heterocycles. The normalized spacial score (nSPS) is 18.6. The number of aliphatic hydroxyl groups is 1. The van der Waals surface area contributed by atoms with Gasteiger partial charge in [0.2, 0.25) is 0 Å². The molecule has 2 heterocycles. The van der Waals surface area contributed by atoms with Gasteiger partial charge in [-0.25, -0.2) is 4.39 Å². The van der Waals surface area contributed by atoms with Gasteiger partial charge < -0.3 is 10.0 Å². The van der Waals surface area contributed by atoms with Gasteiger partial charge in [0.1, 0.15) is 11.9 Å². The number of rotatable bonds is 3. The minimum Gasteiger partial charge on any atom is -0.386 e. The van der Waals surface area contributed by atoms with Gasteiger partial charge in [0.15, 0.2) is 0 Å². The molecule has 1 aliphatic heterocycles. The molecule has 25 heavy (non-hydrogen) atoms. The van der Waals surface area contributed by atoms with Gasteiger partial charge in [-0.3, -0.25) is 9.48 Å². The smallest absolute Gasteiger partial charge is 0.257 e. The Morgan fingerprint density at radius 1 is 1.32 bits per heavy atom. The number of halogens is 2. The van der Waals surface area contributed by atoms with E-state index in [1.165, 1.54) is 18.2 Å². The molecule has 1 saturated carbocycles. The van der Waals surface area contributed by atoms with Gasteiger partial charge in [-0.15, -0.1) is 0 Å². The SMILES string of the molecule is O=C(c1cc(Cl)ccc1F)N1CCCn2nc([C@H](O)C3CC3)cc2C1. The Bertz CT molecular complexity index is 819. The first-order chi connectivity index (χ1) is 12.0. The van der Waals surface area contributed by atoms with Crippen molar-refractivity contribution in [2.75, 3.05) is 6.54 Å². The van der Waals surface area contributed by atoms with Crippen LogP contribution in [0, 0.1) is 11.7 Å². The van der Waals surface area contributed by atoms with E-state index in [2.05, 4.69) is 5.10 Å². The van der Waals surface area contributed by atoms with Crippen LogP contribution in [0.3, 0.4) is 0 Å². The zero-order valence-corrected chi connectivity index (χ0v) is 14.4. The maximum absolute atomic E-state index is 14.0. The number of nitrogens with zero attached hydrogens (tertiary/aromatic N) is 3. The molecule has 132 valence electrons. The number of aliphatic hydroxyl groups excluding tert-OH is 1. The summed E-state index contributed by atoms with van der Waals surface area (Å²) in [5.41, 5.74) is 1.52. The van der Waals surface area contributed by atoms with Gasteiger partial charge in [0, 0.05) is 18.1 Å². The van der Waals surface area contributed by atoms with Crippen LogP contribution in [0.4, 0.5) is 4.39 Å². The number of benzene rings is 1. The fraction of sp³-hybridized carbons (Fsp3) is 0.444. The highest BCUT2D eigenvalue weighted by atomic mass is 35.5. The minimum atomic E-state index is -0.572. The minimum absolute atomic E-state index is 0.0151. The largest absolute Gasteiger partial charge is 0.386 e. The van der Waals surface area contributed by atoms with E-state index in [9.17, 15) is 14.3 Å². The molecule has 7 heteroatoms. The second-order valence-corrected chi connectivity index (χ2v) is 7.21. The fourth-order valence-corrected chi connectivity index (χ4v) is 3.46. The highest BCUT2D eigenvalue weighted by Crippen LogP contribution is 2.40. The molecular weight excluding hydrogens is 345 g/mol. The van der Waals surface area contributed by atoms with Crippen LogP contribution < -0.4 is 0 Å². The first kappa shape index (κ1) is 16.5.